The summed E-state index contributed by atoms with van der Waals surface area (Å²) in [5.74, 6) is -4.78. The maximum absolute atomic E-state index is 15.0. The Bertz CT molecular complexity index is 1670. The predicted molar refractivity (Wildman–Crippen MR) is 145 cm³/mol. The van der Waals surface area contributed by atoms with Crippen LogP contribution in [0.2, 0.25) is 0 Å². The number of hydrogen-bond donors (Lipinski definition) is 1. The molecule has 0 saturated carbocycles. The summed E-state index contributed by atoms with van der Waals surface area (Å²) in [6.45, 7) is -0.255. The normalized spacial score (nSPS) is 14.5. The molecule has 0 saturated heterocycles. The van der Waals surface area contributed by atoms with E-state index in [1.54, 1.807) is 18.2 Å². The van der Waals surface area contributed by atoms with Crippen LogP contribution in [0.3, 0.4) is 0 Å². The van der Waals surface area contributed by atoms with Crippen molar-refractivity contribution in [2.45, 2.75) is 12.0 Å². The molecule has 1 aromatic heterocycles. The number of ether oxygens (including phenoxy) is 3. The van der Waals surface area contributed by atoms with Crippen molar-refractivity contribution in [3.8, 4) is 17.2 Å². The second-order valence-corrected chi connectivity index (χ2v) is 9.80. The van der Waals surface area contributed by atoms with Gasteiger partial charge >= 0.3 is 5.97 Å². The van der Waals surface area contributed by atoms with Gasteiger partial charge in [0.2, 0.25) is 0 Å². The van der Waals surface area contributed by atoms with Crippen LogP contribution < -0.4 is 14.2 Å². The van der Waals surface area contributed by atoms with Crippen molar-refractivity contribution in [2.24, 2.45) is 5.10 Å². The van der Waals surface area contributed by atoms with Gasteiger partial charge in [-0.15, -0.1) is 0 Å². The Balaban J connectivity index is 1.55. The summed E-state index contributed by atoms with van der Waals surface area (Å²) in [6.07, 6.45) is 1.22. The van der Waals surface area contributed by atoms with E-state index in [-0.39, 0.29) is 40.2 Å². The highest BCUT2D eigenvalue weighted by Crippen LogP contribution is 2.48. The van der Waals surface area contributed by atoms with Crippen molar-refractivity contribution in [3.63, 3.8) is 0 Å². The van der Waals surface area contributed by atoms with E-state index in [9.17, 15) is 27.9 Å². The van der Waals surface area contributed by atoms with Crippen molar-refractivity contribution < 1.29 is 46.5 Å². The average molecular weight is 599 g/mol. The summed E-state index contributed by atoms with van der Waals surface area (Å²) >= 11 is 1.06. The minimum atomic E-state index is -1.19. The summed E-state index contributed by atoms with van der Waals surface area (Å²) in [5, 5.41) is 13.9. The molecule has 1 N–H and O–H groups in total. The largest absolute Gasteiger partial charge is 0.497 e. The number of carboxylic acids is 1. The number of furan rings is 1. The number of benzene rings is 3. The minimum absolute atomic E-state index is 0.0642. The van der Waals surface area contributed by atoms with Crippen LogP contribution in [0.1, 0.15) is 43.0 Å². The molecule has 3 aromatic carbocycles. The fraction of sp³-hybridized carbons (Fsp3) is 0.138. The van der Waals surface area contributed by atoms with Gasteiger partial charge < -0.3 is 23.7 Å². The van der Waals surface area contributed by atoms with E-state index >= 15 is 0 Å². The van der Waals surface area contributed by atoms with Crippen LogP contribution in [0.4, 0.5) is 13.2 Å². The molecule has 1 unspecified atom stereocenters. The number of halogens is 3. The van der Waals surface area contributed by atoms with E-state index < -0.39 is 40.3 Å². The van der Waals surface area contributed by atoms with E-state index in [0.29, 0.717) is 11.1 Å². The van der Waals surface area contributed by atoms with E-state index in [4.69, 9.17) is 18.6 Å². The maximum atomic E-state index is 15.0. The van der Waals surface area contributed by atoms with E-state index in [1.165, 1.54) is 50.8 Å². The van der Waals surface area contributed by atoms with Gasteiger partial charge in [-0.05, 0) is 36.4 Å². The number of amides is 1. The number of thioether (sulfide) groups is 1. The predicted octanol–water partition coefficient (Wildman–Crippen LogP) is 6.24. The third-order valence-electron chi connectivity index (χ3n) is 6.22. The minimum Gasteiger partial charge on any atom is -0.497 e. The number of aromatic carboxylic acids is 1. The summed E-state index contributed by atoms with van der Waals surface area (Å²) in [5.41, 5.74) is -0.116. The first-order chi connectivity index (χ1) is 20.2. The molecule has 9 nitrogen and oxygen atoms in total. The summed E-state index contributed by atoms with van der Waals surface area (Å²) in [6, 6.07) is 13.2. The first-order valence-corrected chi connectivity index (χ1v) is 13.1. The molecule has 1 amide bonds. The van der Waals surface area contributed by atoms with Gasteiger partial charge in [0, 0.05) is 23.3 Å². The summed E-state index contributed by atoms with van der Waals surface area (Å²) < 4.78 is 65.1. The van der Waals surface area contributed by atoms with Gasteiger partial charge in [-0.3, -0.25) is 4.79 Å². The van der Waals surface area contributed by atoms with Gasteiger partial charge in [0.15, 0.2) is 17.3 Å². The number of nitrogens with zero attached hydrogens (tertiary/aromatic N) is 2. The summed E-state index contributed by atoms with van der Waals surface area (Å²) in [7, 11) is 2.59. The summed E-state index contributed by atoms with van der Waals surface area (Å²) in [4.78, 5) is 25.1. The highest BCUT2D eigenvalue weighted by atomic mass is 32.2. The zero-order chi connectivity index (χ0) is 30.0. The second kappa shape index (κ2) is 11.9. The molecular formula is C29H21F3N2O7S. The van der Waals surface area contributed by atoms with Crippen molar-refractivity contribution in [1.82, 2.24) is 5.01 Å². The highest BCUT2D eigenvalue weighted by Gasteiger charge is 2.39. The molecule has 1 aliphatic rings. The number of methoxy groups -OCH3 is 2. The lowest BCUT2D eigenvalue weighted by atomic mass is 10.1. The molecule has 0 aliphatic carbocycles. The molecule has 0 fully saturated rings. The molecule has 0 radical (unpaired) electrons. The van der Waals surface area contributed by atoms with Gasteiger partial charge in [-0.2, -0.15) is 5.10 Å². The standard InChI is InChI=1S/C29H21F3N2O7S/c1-38-17-12-20(31)24(21(32)13-17)27(35)34-28(42-26(33-34)15-6-8-16(30)9-7-15)19-4-3-5-22(25(19)39-2)41-14-23-18(29(36)37)10-11-40-23/h3-13,28H,14H2,1-2H3,(H,36,37). The molecular weight excluding hydrogens is 577 g/mol. The molecule has 0 bridgehead atoms. The van der Waals surface area contributed by atoms with E-state index in [1.807, 2.05) is 0 Å². The molecule has 2 heterocycles. The van der Waals surface area contributed by atoms with Crippen LogP contribution in [-0.2, 0) is 6.61 Å². The zero-order valence-electron chi connectivity index (χ0n) is 22.0. The molecule has 5 rings (SSSR count). The van der Waals surface area contributed by atoms with Gasteiger partial charge in [-0.1, -0.05) is 23.9 Å². The molecule has 1 aliphatic heterocycles. The SMILES string of the molecule is COc1cc(F)c(C(=O)N2N=C(c3ccc(F)cc3)SC2c2cccc(OCc3occc3C(=O)O)c2OC)c(F)c1. The smallest absolute Gasteiger partial charge is 0.339 e. The molecule has 42 heavy (non-hydrogen) atoms. The average Bonchev–Trinajstić information content (AvgIpc) is 3.63. The topological polar surface area (TPSA) is 111 Å². The first-order valence-electron chi connectivity index (χ1n) is 12.2. The van der Waals surface area contributed by atoms with Crippen molar-refractivity contribution >= 4 is 28.7 Å². The zero-order valence-corrected chi connectivity index (χ0v) is 22.8. The lowest BCUT2D eigenvalue weighted by molar-refractivity contribution is 0.0690. The van der Waals surface area contributed by atoms with Crippen LogP contribution in [0.15, 0.2) is 76.4 Å². The number of rotatable bonds is 9. The van der Waals surface area contributed by atoms with Crippen molar-refractivity contribution in [2.75, 3.05) is 14.2 Å². The van der Waals surface area contributed by atoms with Crippen molar-refractivity contribution in [1.29, 1.82) is 0 Å². The second-order valence-electron chi connectivity index (χ2n) is 8.73. The van der Waals surface area contributed by atoms with Crippen LogP contribution in [-0.4, -0.2) is 41.3 Å². The van der Waals surface area contributed by atoms with Crippen LogP contribution in [0.25, 0.3) is 0 Å². The number of carbonyl (C=O) groups excluding carboxylic acids is 1. The quantitative estimate of drug-likeness (QED) is 0.241. The third-order valence-corrected chi connectivity index (χ3v) is 7.44. The van der Waals surface area contributed by atoms with Crippen LogP contribution in [0, 0.1) is 17.5 Å². The van der Waals surface area contributed by atoms with Crippen LogP contribution in [0.5, 0.6) is 17.2 Å². The van der Waals surface area contributed by atoms with E-state index in [2.05, 4.69) is 5.10 Å². The lowest BCUT2D eigenvalue weighted by Crippen LogP contribution is -2.28. The molecule has 1 atom stereocenters. The van der Waals surface area contributed by atoms with E-state index in [0.717, 1.165) is 28.9 Å². The Hall–Kier alpha value is -4.91. The highest BCUT2D eigenvalue weighted by molar-refractivity contribution is 8.14. The Morgan fingerprint density at radius 3 is 2.38 bits per heavy atom. The number of hydrogen-bond acceptors (Lipinski definition) is 8. The number of carboxylic acid groups (broad SMARTS) is 1. The first kappa shape index (κ1) is 28.6. The number of hydrazone groups is 1. The fourth-order valence-corrected chi connectivity index (χ4v) is 5.40. The van der Waals surface area contributed by atoms with Crippen LogP contribution >= 0.6 is 11.8 Å². The Morgan fingerprint density at radius 2 is 1.74 bits per heavy atom. The number of para-hydroxylation sites is 1. The molecule has 13 heteroatoms. The third kappa shape index (κ3) is 5.50. The van der Waals surface area contributed by atoms with Gasteiger partial charge in [-0.25, -0.2) is 23.0 Å². The van der Waals surface area contributed by atoms with Gasteiger partial charge in [0.05, 0.1) is 20.5 Å². The monoisotopic (exact) mass is 598 g/mol. The lowest BCUT2D eigenvalue weighted by Gasteiger charge is -2.24. The Kier molecular flexibility index (Phi) is 8.11. The maximum Gasteiger partial charge on any atom is 0.339 e. The van der Waals surface area contributed by atoms with Crippen molar-refractivity contribution in [3.05, 3.63) is 112 Å². The number of carbonyl (C=O) groups is 2. The van der Waals surface area contributed by atoms with Gasteiger partial charge in [0.1, 0.15) is 51.4 Å². The Labute approximate surface area is 241 Å². The molecule has 216 valence electrons. The fourth-order valence-electron chi connectivity index (χ4n) is 4.23. The Morgan fingerprint density at radius 1 is 1.02 bits per heavy atom. The molecule has 4 aromatic rings. The van der Waals surface area contributed by atoms with Gasteiger partial charge in [0.25, 0.3) is 5.91 Å². The molecule has 0 spiro atoms.